The molecule has 2 aliphatic rings. The highest BCUT2D eigenvalue weighted by Gasteiger charge is 2.36. The molecule has 0 saturated heterocycles. The van der Waals surface area contributed by atoms with Gasteiger partial charge in [0, 0.05) is 24.9 Å². The van der Waals surface area contributed by atoms with E-state index in [0.29, 0.717) is 36.6 Å². The van der Waals surface area contributed by atoms with Gasteiger partial charge in [0.05, 0.1) is 25.5 Å². The molecule has 2 aromatic carbocycles. The van der Waals surface area contributed by atoms with Crippen molar-refractivity contribution in [3.63, 3.8) is 0 Å². The number of carbonyl (C=O) groups is 4. The van der Waals surface area contributed by atoms with Crippen molar-refractivity contribution in [2.24, 2.45) is 5.92 Å². The molecule has 4 bridgehead atoms. The highest BCUT2D eigenvalue weighted by molar-refractivity contribution is 5.99. The second-order valence-electron chi connectivity index (χ2n) is 12.7. The number of nitrogens with zero attached hydrogens (tertiary/aromatic N) is 3. The van der Waals surface area contributed by atoms with Crippen LogP contribution in [-0.4, -0.2) is 74.6 Å². The fraction of sp³-hybridized carbons (Fsp3) is 0.486. The summed E-state index contributed by atoms with van der Waals surface area (Å²) in [5, 5.41) is 30.2. The molecule has 1 saturated carbocycles. The summed E-state index contributed by atoms with van der Waals surface area (Å²) >= 11 is 0. The molecule has 48 heavy (non-hydrogen) atoms. The van der Waals surface area contributed by atoms with E-state index in [2.05, 4.69) is 31.6 Å². The summed E-state index contributed by atoms with van der Waals surface area (Å²) < 4.78 is 7.69. The molecule has 4 atom stereocenters. The number of ether oxygens (including phenoxy) is 1. The van der Waals surface area contributed by atoms with Crippen LogP contribution in [0.25, 0.3) is 0 Å². The maximum Gasteiger partial charge on any atom is 0.252 e. The number of fused-ring (bicyclic) bond motifs is 4. The molecule has 1 aromatic heterocycles. The van der Waals surface area contributed by atoms with Gasteiger partial charge in [0.2, 0.25) is 17.7 Å². The van der Waals surface area contributed by atoms with Crippen LogP contribution in [0.2, 0.25) is 0 Å². The number of nitrogens with one attached hydrogen (secondary N) is 4. The predicted molar refractivity (Wildman–Crippen MR) is 177 cm³/mol. The molecule has 256 valence electrons. The van der Waals surface area contributed by atoms with Crippen LogP contribution in [0.3, 0.4) is 0 Å². The number of aryl methyl sites for hydroxylation is 2. The maximum atomic E-state index is 13.9. The van der Waals surface area contributed by atoms with Gasteiger partial charge < -0.3 is 31.1 Å². The summed E-state index contributed by atoms with van der Waals surface area (Å²) in [4.78, 5) is 54.7. The molecule has 0 unspecified atom stereocenters. The van der Waals surface area contributed by atoms with Gasteiger partial charge in [-0.2, -0.15) is 0 Å². The molecular weight excluding hydrogens is 614 g/mol. The number of benzene rings is 2. The molecule has 13 heteroatoms. The van der Waals surface area contributed by atoms with Gasteiger partial charge in [0.15, 0.2) is 0 Å². The van der Waals surface area contributed by atoms with Crippen molar-refractivity contribution in [3.05, 3.63) is 77.1 Å². The van der Waals surface area contributed by atoms with Crippen molar-refractivity contribution >= 4 is 23.6 Å². The largest absolute Gasteiger partial charge is 0.493 e. The third kappa shape index (κ3) is 9.18. The summed E-state index contributed by atoms with van der Waals surface area (Å²) in [6.45, 7) is 4.26. The molecule has 4 amide bonds. The standard InChI is InChI=1S/C35H45N7O6/c1-22-14-15-26-19-29(22)48-17-9-16-42-21-27(40-41-42)20-36-33(45)28(18-24-10-5-3-6-11-24)37-34(46)30(23(2)43)38-35(47)31(39-32(26)44)25-12-7-4-8-13-25/h3,5-6,10-11,14-15,19,21,23,25,28,30-31,43H,4,7-9,12-13,16-18,20H2,1-2H3,(H,36,45)(H,37,46)(H,38,47)(H,39,44)/t23-,28-,30+,31+/m1/s1. The van der Waals surface area contributed by atoms with Gasteiger partial charge >= 0.3 is 0 Å². The zero-order valence-electron chi connectivity index (χ0n) is 27.5. The second-order valence-corrected chi connectivity index (χ2v) is 12.7. The van der Waals surface area contributed by atoms with Gasteiger partial charge in [-0.3, -0.25) is 23.9 Å². The van der Waals surface area contributed by atoms with E-state index >= 15 is 0 Å². The number of amides is 4. The van der Waals surface area contributed by atoms with E-state index in [9.17, 15) is 24.3 Å². The number of aliphatic hydroxyl groups excluding tert-OH is 1. The second kappa shape index (κ2) is 16.4. The number of aliphatic hydroxyl groups is 1. The topological polar surface area (TPSA) is 177 Å². The van der Waals surface area contributed by atoms with Gasteiger partial charge in [-0.25, -0.2) is 0 Å². The van der Waals surface area contributed by atoms with Gasteiger partial charge in [-0.05, 0) is 55.9 Å². The van der Waals surface area contributed by atoms with Crippen molar-refractivity contribution < 1.29 is 29.0 Å². The number of carbonyl (C=O) groups excluding carboxylic acids is 4. The Balaban J connectivity index is 1.44. The molecular formula is C35H45N7O6. The van der Waals surface area contributed by atoms with Crippen molar-refractivity contribution in [1.82, 2.24) is 36.3 Å². The monoisotopic (exact) mass is 659 g/mol. The summed E-state index contributed by atoms with van der Waals surface area (Å²) in [6, 6.07) is 11.0. The normalized spacial score (nSPS) is 22.9. The predicted octanol–water partition coefficient (Wildman–Crippen LogP) is 1.96. The zero-order chi connectivity index (χ0) is 34.0. The van der Waals surface area contributed by atoms with Crippen LogP contribution in [0, 0.1) is 12.8 Å². The lowest BCUT2D eigenvalue weighted by molar-refractivity contribution is -0.135. The van der Waals surface area contributed by atoms with E-state index in [1.54, 1.807) is 29.1 Å². The Kier molecular flexibility index (Phi) is 11.8. The Bertz CT molecular complexity index is 1570. The van der Waals surface area contributed by atoms with E-state index in [-0.39, 0.29) is 18.9 Å². The average Bonchev–Trinajstić information content (AvgIpc) is 3.55. The third-order valence-corrected chi connectivity index (χ3v) is 8.94. The van der Waals surface area contributed by atoms with Crippen LogP contribution in [0.15, 0.2) is 54.7 Å². The molecule has 5 rings (SSSR count). The van der Waals surface area contributed by atoms with E-state index < -0.39 is 47.9 Å². The molecule has 0 radical (unpaired) electrons. The van der Waals surface area contributed by atoms with Gasteiger partial charge in [0.1, 0.15) is 29.6 Å². The van der Waals surface area contributed by atoms with Crippen LogP contribution in [0.1, 0.15) is 72.6 Å². The van der Waals surface area contributed by atoms with Gasteiger partial charge in [-0.1, -0.05) is 60.9 Å². The summed E-state index contributed by atoms with van der Waals surface area (Å²) in [5.74, 6) is -1.80. The smallest absolute Gasteiger partial charge is 0.252 e. The Morgan fingerprint density at radius 2 is 1.71 bits per heavy atom. The first kappa shape index (κ1) is 34.6. The molecule has 0 spiro atoms. The first-order valence-corrected chi connectivity index (χ1v) is 16.7. The lowest BCUT2D eigenvalue weighted by Gasteiger charge is -2.32. The minimum Gasteiger partial charge on any atom is -0.493 e. The SMILES string of the molecule is Cc1ccc2cc1OCCCn1cc(nn1)CNC(=O)[C@@H](Cc1ccccc1)NC(=O)[C@H]([C@@H](C)O)NC(=O)[C@H](C1CCCCC1)NC2=O. The Hall–Kier alpha value is -4.78. The molecule has 1 aliphatic carbocycles. The zero-order valence-corrected chi connectivity index (χ0v) is 27.5. The van der Waals surface area contributed by atoms with Crippen LogP contribution in [0.5, 0.6) is 5.75 Å². The Morgan fingerprint density at radius 3 is 2.46 bits per heavy atom. The van der Waals surface area contributed by atoms with Crippen molar-refractivity contribution in [3.8, 4) is 5.75 Å². The summed E-state index contributed by atoms with van der Waals surface area (Å²) in [7, 11) is 0. The molecule has 1 fully saturated rings. The average molecular weight is 660 g/mol. The Labute approximate surface area is 280 Å². The van der Waals surface area contributed by atoms with Crippen molar-refractivity contribution in [2.75, 3.05) is 6.61 Å². The molecule has 3 aromatic rings. The lowest BCUT2D eigenvalue weighted by Crippen LogP contribution is -2.61. The number of hydrogen-bond donors (Lipinski definition) is 5. The fourth-order valence-corrected chi connectivity index (χ4v) is 6.19. The molecule has 2 heterocycles. The summed E-state index contributed by atoms with van der Waals surface area (Å²) in [5.41, 5.74) is 2.54. The van der Waals surface area contributed by atoms with Gasteiger partial charge in [-0.15, -0.1) is 5.10 Å². The first-order valence-electron chi connectivity index (χ1n) is 16.7. The van der Waals surface area contributed by atoms with Crippen LogP contribution in [0.4, 0.5) is 0 Å². The summed E-state index contributed by atoms with van der Waals surface area (Å²) in [6.07, 6.45) is 5.56. The minimum atomic E-state index is -1.39. The van der Waals surface area contributed by atoms with E-state index in [0.717, 1.165) is 43.2 Å². The number of aromatic nitrogens is 3. The maximum absolute atomic E-state index is 13.9. The van der Waals surface area contributed by atoms with Crippen LogP contribution < -0.4 is 26.0 Å². The number of rotatable bonds is 4. The fourth-order valence-electron chi connectivity index (χ4n) is 6.19. The van der Waals surface area contributed by atoms with E-state index in [4.69, 9.17) is 4.74 Å². The molecule has 13 nitrogen and oxygen atoms in total. The van der Waals surface area contributed by atoms with Crippen molar-refractivity contribution in [2.45, 2.75) is 96.1 Å². The molecule has 5 N–H and O–H groups in total. The van der Waals surface area contributed by atoms with Crippen molar-refractivity contribution in [1.29, 1.82) is 0 Å². The number of hydrogen-bond acceptors (Lipinski definition) is 8. The minimum absolute atomic E-state index is 0.0851. The highest BCUT2D eigenvalue weighted by Crippen LogP contribution is 2.27. The lowest BCUT2D eigenvalue weighted by atomic mass is 9.83. The highest BCUT2D eigenvalue weighted by atomic mass is 16.5. The quantitative estimate of drug-likeness (QED) is 0.282. The van der Waals surface area contributed by atoms with E-state index in [1.165, 1.54) is 6.92 Å². The molecule has 1 aliphatic heterocycles. The van der Waals surface area contributed by atoms with Gasteiger partial charge in [0.25, 0.3) is 5.91 Å². The van der Waals surface area contributed by atoms with Crippen LogP contribution >= 0.6 is 0 Å². The first-order chi connectivity index (χ1) is 23.2. The third-order valence-electron chi connectivity index (χ3n) is 8.94. The Morgan fingerprint density at radius 1 is 0.938 bits per heavy atom. The van der Waals surface area contributed by atoms with Crippen LogP contribution in [-0.2, 0) is 33.9 Å². The van der Waals surface area contributed by atoms with E-state index in [1.807, 2.05) is 37.3 Å².